The summed E-state index contributed by atoms with van der Waals surface area (Å²) in [5.41, 5.74) is 0.303. The number of benzene rings is 1. The number of Topliss-reactive ketones (excluding diaryl/α,β-unsaturated/α-hetero) is 1. The topological polar surface area (TPSA) is 26.3 Å². The van der Waals surface area contributed by atoms with E-state index < -0.39 is 10.8 Å². The Labute approximate surface area is 76.5 Å². The lowest BCUT2D eigenvalue weighted by atomic mass is 10.1. The summed E-state index contributed by atoms with van der Waals surface area (Å²) in [6, 6.07) is 4.29. The van der Waals surface area contributed by atoms with E-state index in [4.69, 9.17) is 4.74 Å². The van der Waals surface area contributed by atoms with Gasteiger partial charge >= 0.3 is 0 Å². The minimum atomic E-state index is -0.732. The second-order valence-corrected chi connectivity index (χ2v) is 3.25. The third-order valence-electron chi connectivity index (χ3n) is 1.66. The second-order valence-electron chi connectivity index (χ2n) is 2.41. The molecule has 1 aliphatic rings. The highest BCUT2D eigenvalue weighted by Crippen LogP contribution is 2.33. The highest BCUT2D eigenvalue weighted by Gasteiger charge is 2.32. The van der Waals surface area contributed by atoms with E-state index >= 15 is 0 Å². The summed E-state index contributed by atoms with van der Waals surface area (Å²) >= 11 is 2.98. The van der Waals surface area contributed by atoms with Crippen LogP contribution < -0.4 is 4.74 Å². The van der Waals surface area contributed by atoms with Gasteiger partial charge in [-0.05, 0) is 28.1 Å². The Morgan fingerprint density at radius 1 is 1.50 bits per heavy atom. The third-order valence-corrected chi connectivity index (χ3v) is 2.26. The minimum absolute atomic E-state index is 0.0457. The Morgan fingerprint density at radius 3 is 2.92 bits per heavy atom. The fourth-order valence-electron chi connectivity index (χ4n) is 1.10. The molecule has 4 heteroatoms. The minimum Gasteiger partial charge on any atom is -0.467 e. The second kappa shape index (κ2) is 2.55. The van der Waals surface area contributed by atoms with E-state index in [2.05, 4.69) is 15.9 Å². The highest BCUT2D eigenvalue weighted by molar-refractivity contribution is 9.09. The van der Waals surface area contributed by atoms with Gasteiger partial charge in [0.1, 0.15) is 0 Å². The average molecular weight is 231 g/mol. The van der Waals surface area contributed by atoms with Crippen molar-refractivity contribution < 1.29 is 13.9 Å². The molecular weight excluding hydrogens is 227 g/mol. The number of ketones is 1. The summed E-state index contributed by atoms with van der Waals surface area (Å²) in [4.78, 5) is 11.2. The first-order chi connectivity index (χ1) is 5.70. The van der Waals surface area contributed by atoms with Gasteiger partial charge in [0.05, 0.1) is 5.56 Å². The lowest BCUT2D eigenvalue weighted by Crippen LogP contribution is -2.10. The Bertz CT molecular complexity index is 351. The summed E-state index contributed by atoms with van der Waals surface area (Å²) in [6.45, 7) is 0. The molecule has 0 amide bonds. The molecule has 0 unspecified atom stereocenters. The lowest BCUT2D eigenvalue weighted by molar-refractivity contribution is 0.0941. The van der Waals surface area contributed by atoms with Crippen LogP contribution in [0.1, 0.15) is 10.4 Å². The molecule has 0 bridgehead atoms. The van der Waals surface area contributed by atoms with Gasteiger partial charge in [0.15, 0.2) is 11.6 Å². The molecule has 0 aliphatic carbocycles. The molecule has 0 saturated carbocycles. The van der Waals surface area contributed by atoms with Gasteiger partial charge in [0.25, 0.3) is 0 Å². The number of ether oxygens (including phenoxy) is 1. The number of rotatable bonds is 0. The fourth-order valence-corrected chi connectivity index (χ4v) is 1.54. The number of hydrogen-bond donors (Lipinski definition) is 0. The smallest absolute Gasteiger partial charge is 0.218 e. The van der Waals surface area contributed by atoms with Gasteiger partial charge in [-0.1, -0.05) is 6.07 Å². The van der Waals surface area contributed by atoms with Crippen LogP contribution in [0.15, 0.2) is 18.2 Å². The molecular formula is C8H4BrFO2. The van der Waals surface area contributed by atoms with Crippen LogP contribution in [-0.4, -0.2) is 10.8 Å². The van der Waals surface area contributed by atoms with Crippen molar-refractivity contribution in [3.8, 4) is 5.75 Å². The van der Waals surface area contributed by atoms with Gasteiger partial charge in [-0.15, -0.1) is 0 Å². The summed E-state index contributed by atoms with van der Waals surface area (Å²) in [7, 11) is 0. The molecule has 0 N–H and O–H groups in total. The van der Waals surface area contributed by atoms with Crippen molar-refractivity contribution in [3.05, 3.63) is 29.6 Å². The molecule has 0 spiro atoms. The zero-order valence-electron chi connectivity index (χ0n) is 5.88. The van der Waals surface area contributed by atoms with Gasteiger partial charge in [0, 0.05) is 0 Å². The van der Waals surface area contributed by atoms with Crippen molar-refractivity contribution in [1.29, 1.82) is 0 Å². The van der Waals surface area contributed by atoms with E-state index in [-0.39, 0.29) is 11.5 Å². The van der Waals surface area contributed by atoms with Crippen LogP contribution in [0.25, 0.3) is 0 Å². The third kappa shape index (κ3) is 0.948. The van der Waals surface area contributed by atoms with E-state index in [1.165, 1.54) is 12.1 Å². The number of halogens is 2. The first kappa shape index (κ1) is 7.73. The number of fused-ring (bicyclic) bond motifs is 1. The van der Waals surface area contributed by atoms with E-state index in [0.29, 0.717) is 5.56 Å². The van der Waals surface area contributed by atoms with Gasteiger partial charge in [-0.25, -0.2) is 4.39 Å². The van der Waals surface area contributed by atoms with Crippen LogP contribution in [0.3, 0.4) is 0 Å². The summed E-state index contributed by atoms with van der Waals surface area (Å²) in [5.74, 6) is -0.684. The monoisotopic (exact) mass is 230 g/mol. The molecule has 1 aromatic carbocycles. The van der Waals surface area contributed by atoms with Crippen molar-refractivity contribution >= 4 is 21.7 Å². The van der Waals surface area contributed by atoms with Gasteiger partial charge in [-0.2, -0.15) is 0 Å². The summed E-state index contributed by atoms with van der Waals surface area (Å²) < 4.78 is 17.9. The number of hydrogen-bond acceptors (Lipinski definition) is 2. The summed E-state index contributed by atoms with van der Waals surface area (Å²) in [6.07, 6.45) is 0. The molecule has 1 atom stereocenters. The maximum Gasteiger partial charge on any atom is 0.218 e. The van der Waals surface area contributed by atoms with E-state index in [0.717, 1.165) is 0 Å². The van der Waals surface area contributed by atoms with Crippen LogP contribution in [0.4, 0.5) is 4.39 Å². The summed E-state index contributed by atoms with van der Waals surface area (Å²) in [5, 5.41) is -0.732. The molecule has 0 fully saturated rings. The van der Waals surface area contributed by atoms with Crippen LogP contribution in [0.2, 0.25) is 0 Å². The van der Waals surface area contributed by atoms with Crippen molar-refractivity contribution in [2.45, 2.75) is 5.01 Å². The molecule has 0 aromatic heterocycles. The normalized spacial score (nSPS) is 20.5. The Morgan fingerprint density at radius 2 is 2.25 bits per heavy atom. The van der Waals surface area contributed by atoms with Gasteiger partial charge < -0.3 is 4.74 Å². The first-order valence-electron chi connectivity index (χ1n) is 3.33. The van der Waals surface area contributed by atoms with E-state index in [1.54, 1.807) is 6.07 Å². The molecule has 2 rings (SSSR count). The van der Waals surface area contributed by atoms with Gasteiger partial charge in [-0.3, -0.25) is 4.79 Å². The Kier molecular flexibility index (Phi) is 1.65. The van der Waals surface area contributed by atoms with Crippen molar-refractivity contribution in [2.75, 3.05) is 0 Å². The zero-order valence-corrected chi connectivity index (χ0v) is 7.47. The molecule has 1 aromatic rings. The maximum absolute atomic E-state index is 12.9. The highest BCUT2D eigenvalue weighted by atomic mass is 79.9. The molecule has 1 heterocycles. The number of carbonyl (C=O) groups excluding carboxylic acids is 1. The van der Waals surface area contributed by atoms with Crippen molar-refractivity contribution in [3.63, 3.8) is 0 Å². The maximum atomic E-state index is 12.9. The van der Waals surface area contributed by atoms with Crippen LogP contribution in [-0.2, 0) is 0 Å². The molecule has 2 nitrogen and oxygen atoms in total. The lowest BCUT2D eigenvalue weighted by Gasteiger charge is -1.99. The number of para-hydroxylation sites is 1. The molecule has 0 radical (unpaired) electrons. The molecule has 62 valence electrons. The average Bonchev–Trinajstić information content (AvgIpc) is 2.32. The van der Waals surface area contributed by atoms with Crippen LogP contribution in [0.5, 0.6) is 5.75 Å². The number of carbonyl (C=O) groups is 1. The predicted octanol–water partition coefficient (Wildman–Crippen LogP) is 2.12. The molecule has 12 heavy (non-hydrogen) atoms. The van der Waals surface area contributed by atoms with Crippen molar-refractivity contribution in [2.24, 2.45) is 0 Å². The standard InChI is InChI=1S/C8H4BrFO2/c9-8-6(11)4-2-1-3-5(10)7(4)12-8/h1-3,8H/t8-/m1/s1. The zero-order chi connectivity index (χ0) is 8.72. The quantitative estimate of drug-likeness (QED) is 0.639. The first-order valence-corrected chi connectivity index (χ1v) is 4.25. The van der Waals surface area contributed by atoms with Crippen molar-refractivity contribution in [1.82, 2.24) is 0 Å². The molecule has 1 aliphatic heterocycles. The van der Waals surface area contributed by atoms with Crippen LogP contribution >= 0.6 is 15.9 Å². The SMILES string of the molecule is O=C1c2cccc(F)c2O[C@H]1Br. The Hall–Kier alpha value is -0.900. The van der Waals surface area contributed by atoms with Crippen LogP contribution in [0, 0.1) is 5.82 Å². The van der Waals surface area contributed by atoms with Gasteiger partial charge in [0.2, 0.25) is 10.8 Å². The molecule has 0 saturated heterocycles. The Balaban J connectivity index is 2.61. The van der Waals surface area contributed by atoms with E-state index in [1.807, 2.05) is 0 Å². The largest absolute Gasteiger partial charge is 0.467 e. The van der Waals surface area contributed by atoms with E-state index in [9.17, 15) is 9.18 Å². The fraction of sp³-hybridized carbons (Fsp3) is 0.125. The number of alkyl halides is 1. The predicted molar refractivity (Wildman–Crippen MR) is 44.1 cm³/mol.